The molecule has 1 aliphatic heterocycles. The van der Waals surface area contributed by atoms with E-state index in [0.29, 0.717) is 5.92 Å². The third-order valence-corrected chi connectivity index (χ3v) is 6.08. The minimum absolute atomic E-state index is 0.582. The Balaban J connectivity index is 1.31. The van der Waals surface area contributed by atoms with E-state index in [-0.39, 0.29) is 0 Å². The number of H-pyrrole nitrogens is 1. The predicted octanol–water partition coefficient (Wildman–Crippen LogP) is 5.94. The molecule has 1 unspecified atom stereocenters. The van der Waals surface area contributed by atoms with Gasteiger partial charge in [0.1, 0.15) is 5.76 Å². The van der Waals surface area contributed by atoms with E-state index in [1.165, 1.54) is 17.5 Å². The van der Waals surface area contributed by atoms with Crippen molar-refractivity contribution in [3.8, 4) is 22.5 Å². The van der Waals surface area contributed by atoms with Gasteiger partial charge in [0.05, 0.1) is 24.2 Å². The summed E-state index contributed by atoms with van der Waals surface area (Å²) in [6, 6.07) is 21.4. The van der Waals surface area contributed by atoms with Crippen molar-refractivity contribution in [2.75, 3.05) is 13.1 Å². The summed E-state index contributed by atoms with van der Waals surface area (Å²) in [5.41, 5.74) is 8.11. The van der Waals surface area contributed by atoms with Gasteiger partial charge in [0, 0.05) is 29.1 Å². The zero-order valence-corrected chi connectivity index (χ0v) is 17.6. The summed E-state index contributed by atoms with van der Waals surface area (Å²) in [5.74, 6) is 1.63. The molecule has 1 N–H and O–H groups in total. The van der Waals surface area contributed by atoms with E-state index in [9.17, 15) is 0 Å². The first-order valence-electron chi connectivity index (χ1n) is 10.6. The third-order valence-electron chi connectivity index (χ3n) is 6.08. The molecule has 1 aromatic carbocycles. The van der Waals surface area contributed by atoms with Crippen LogP contribution in [0.3, 0.4) is 0 Å². The van der Waals surface area contributed by atoms with Crippen LogP contribution in [-0.4, -0.2) is 28.0 Å². The van der Waals surface area contributed by atoms with Gasteiger partial charge in [-0.15, -0.1) is 0 Å². The number of aryl methyl sites for hydroxylation is 2. The molecular weight excluding hydrogens is 370 g/mol. The number of rotatable bonds is 5. The fraction of sp³-hybridized carbons (Fsp3) is 0.269. The molecule has 4 aromatic rings. The lowest BCUT2D eigenvalue weighted by atomic mass is 9.96. The molecular formula is C26H27N3O. The summed E-state index contributed by atoms with van der Waals surface area (Å²) in [6.07, 6.45) is 2.95. The van der Waals surface area contributed by atoms with E-state index in [1.807, 2.05) is 6.07 Å². The lowest BCUT2D eigenvalue weighted by Gasteiger charge is -2.15. The van der Waals surface area contributed by atoms with Crippen molar-refractivity contribution in [1.82, 2.24) is 14.9 Å². The van der Waals surface area contributed by atoms with Crippen molar-refractivity contribution in [3.05, 3.63) is 89.6 Å². The van der Waals surface area contributed by atoms with Crippen LogP contribution < -0.4 is 0 Å². The molecule has 0 bridgehead atoms. The van der Waals surface area contributed by atoms with E-state index < -0.39 is 0 Å². The number of hydrogen-bond acceptors (Lipinski definition) is 3. The van der Waals surface area contributed by atoms with Crippen molar-refractivity contribution in [1.29, 1.82) is 0 Å². The molecule has 1 fully saturated rings. The Morgan fingerprint density at radius 2 is 1.87 bits per heavy atom. The van der Waals surface area contributed by atoms with E-state index >= 15 is 0 Å². The molecule has 5 rings (SSSR count). The second-order valence-corrected chi connectivity index (χ2v) is 8.32. The van der Waals surface area contributed by atoms with E-state index in [4.69, 9.17) is 9.40 Å². The van der Waals surface area contributed by atoms with Gasteiger partial charge in [-0.05, 0) is 68.6 Å². The van der Waals surface area contributed by atoms with Crippen molar-refractivity contribution < 1.29 is 4.42 Å². The zero-order valence-electron chi connectivity index (χ0n) is 17.6. The number of aromatic amines is 1. The molecule has 1 aliphatic rings. The number of hydrogen-bond donors (Lipinski definition) is 1. The summed E-state index contributed by atoms with van der Waals surface area (Å²) >= 11 is 0. The summed E-state index contributed by atoms with van der Waals surface area (Å²) in [7, 11) is 0. The first kappa shape index (κ1) is 18.9. The lowest BCUT2D eigenvalue weighted by molar-refractivity contribution is 0.294. The normalized spacial score (nSPS) is 16.9. The topological polar surface area (TPSA) is 45.1 Å². The highest BCUT2D eigenvalue weighted by atomic mass is 16.3. The molecule has 30 heavy (non-hydrogen) atoms. The van der Waals surface area contributed by atoms with Crippen LogP contribution in [0.1, 0.15) is 35.1 Å². The van der Waals surface area contributed by atoms with Crippen LogP contribution in [0.25, 0.3) is 22.5 Å². The highest BCUT2D eigenvalue weighted by Crippen LogP contribution is 2.31. The van der Waals surface area contributed by atoms with Gasteiger partial charge < -0.3 is 9.40 Å². The van der Waals surface area contributed by atoms with Crippen LogP contribution in [0.5, 0.6) is 0 Å². The van der Waals surface area contributed by atoms with Gasteiger partial charge in [-0.3, -0.25) is 4.90 Å². The molecule has 1 saturated heterocycles. The quantitative estimate of drug-likeness (QED) is 0.453. The van der Waals surface area contributed by atoms with Crippen LogP contribution in [-0.2, 0) is 6.54 Å². The maximum Gasteiger partial charge on any atom is 0.117 e. The Morgan fingerprint density at radius 1 is 1.03 bits per heavy atom. The fourth-order valence-corrected chi connectivity index (χ4v) is 4.53. The first-order chi connectivity index (χ1) is 14.7. The Hall–Kier alpha value is -3.11. The van der Waals surface area contributed by atoms with Crippen LogP contribution >= 0.6 is 0 Å². The monoisotopic (exact) mass is 397 g/mol. The fourth-order valence-electron chi connectivity index (χ4n) is 4.53. The summed E-state index contributed by atoms with van der Waals surface area (Å²) in [6.45, 7) is 7.28. The summed E-state index contributed by atoms with van der Waals surface area (Å²) in [4.78, 5) is 10.8. The number of nitrogens with one attached hydrogen (secondary N) is 1. The molecule has 0 radical (unpaired) electrons. The van der Waals surface area contributed by atoms with E-state index in [1.54, 1.807) is 6.26 Å². The largest absolute Gasteiger partial charge is 0.468 e. The highest BCUT2D eigenvalue weighted by molar-refractivity contribution is 5.68. The van der Waals surface area contributed by atoms with Crippen molar-refractivity contribution in [2.45, 2.75) is 32.7 Å². The van der Waals surface area contributed by atoms with Crippen LogP contribution in [0.15, 0.2) is 71.3 Å². The first-order valence-corrected chi connectivity index (χ1v) is 10.6. The predicted molar refractivity (Wildman–Crippen MR) is 120 cm³/mol. The van der Waals surface area contributed by atoms with Gasteiger partial charge >= 0.3 is 0 Å². The zero-order chi connectivity index (χ0) is 20.5. The highest BCUT2D eigenvalue weighted by Gasteiger charge is 2.24. The average molecular weight is 398 g/mol. The summed E-state index contributed by atoms with van der Waals surface area (Å²) in [5, 5.41) is 0. The molecule has 0 spiro atoms. The molecule has 4 heteroatoms. The Morgan fingerprint density at radius 3 is 2.60 bits per heavy atom. The molecule has 152 valence electrons. The number of furan rings is 1. The van der Waals surface area contributed by atoms with Crippen LogP contribution in [0.2, 0.25) is 0 Å². The number of pyridine rings is 1. The van der Waals surface area contributed by atoms with Gasteiger partial charge in [-0.1, -0.05) is 30.3 Å². The average Bonchev–Trinajstić information content (AvgIpc) is 3.51. The molecule has 4 nitrogen and oxygen atoms in total. The smallest absolute Gasteiger partial charge is 0.117 e. The van der Waals surface area contributed by atoms with Gasteiger partial charge in [0.15, 0.2) is 0 Å². The Kier molecular flexibility index (Phi) is 5.01. The van der Waals surface area contributed by atoms with Gasteiger partial charge in [-0.25, -0.2) is 4.98 Å². The second kappa shape index (κ2) is 7.96. The van der Waals surface area contributed by atoms with Crippen molar-refractivity contribution in [2.24, 2.45) is 0 Å². The van der Waals surface area contributed by atoms with E-state index in [2.05, 4.69) is 78.3 Å². The number of aromatic nitrogens is 2. The van der Waals surface area contributed by atoms with Gasteiger partial charge in [0.2, 0.25) is 0 Å². The van der Waals surface area contributed by atoms with Crippen LogP contribution in [0.4, 0.5) is 0 Å². The van der Waals surface area contributed by atoms with Crippen molar-refractivity contribution >= 4 is 0 Å². The molecule has 0 saturated carbocycles. The number of nitrogens with zero attached hydrogens (tertiary/aromatic N) is 2. The molecule has 4 heterocycles. The van der Waals surface area contributed by atoms with Gasteiger partial charge in [-0.2, -0.15) is 0 Å². The lowest BCUT2D eigenvalue weighted by Crippen LogP contribution is -2.19. The Bertz CT molecular complexity index is 1130. The minimum Gasteiger partial charge on any atom is -0.468 e. The third kappa shape index (κ3) is 3.83. The minimum atomic E-state index is 0.582. The second-order valence-electron chi connectivity index (χ2n) is 8.32. The number of benzene rings is 1. The Labute approximate surface area is 177 Å². The van der Waals surface area contributed by atoms with Crippen molar-refractivity contribution in [3.63, 3.8) is 0 Å². The van der Waals surface area contributed by atoms with Gasteiger partial charge in [0.25, 0.3) is 0 Å². The number of likely N-dealkylation sites (tertiary alicyclic amines) is 1. The maximum absolute atomic E-state index is 5.50. The maximum atomic E-state index is 5.50. The SMILES string of the molecule is Cc1cc(-c2cccc(-c3ccc(C4CCN(Cc5ccco5)C4)cc3)n2)c(C)[nH]1. The molecule has 0 aliphatic carbocycles. The molecule has 0 amide bonds. The summed E-state index contributed by atoms with van der Waals surface area (Å²) < 4.78 is 5.50. The van der Waals surface area contributed by atoms with Crippen LogP contribution in [0, 0.1) is 13.8 Å². The molecule has 3 aromatic heterocycles. The van der Waals surface area contributed by atoms with E-state index in [0.717, 1.165) is 53.7 Å². The standard InChI is InChI=1S/C26H27N3O/c1-18-15-24(19(2)27-18)26-7-3-6-25(28-26)21-10-8-20(9-11-21)22-12-13-29(16-22)17-23-5-4-14-30-23/h3-11,14-15,22,27H,12-13,16-17H2,1-2H3. The molecule has 1 atom stereocenters.